The van der Waals surface area contributed by atoms with Gasteiger partial charge >= 0.3 is 5.97 Å². The summed E-state index contributed by atoms with van der Waals surface area (Å²) in [5.41, 5.74) is 1.43. The fourth-order valence-electron chi connectivity index (χ4n) is 2.91. The largest absolute Gasteiger partial charge is 0.465 e. The van der Waals surface area contributed by atoms with Crippen molar-refractivity contribution in [2.45, 2.75) is 45.6 Å². The van der Waals surface area contributed by atoms with Gasteiger partial charge in [0.2, 0.25) is 5.91 Å². The molecule has 6 heteroatoms. The molecular formula is C18H26N2O4. The summed E-state index contributed by atoms with van der Waals surface area (Å²) in [7, 11) is 1.35. The lowest BCUT2D eigenvalue weighted by Gasteiger charge is -2.38. The molecule has 2 rings (SSSR count). The van der Waals surface area contributed by atoms with Gasteiger partial charge in [0.25, 0.3) is 0 Å². The summed E-state index contributed by atoms with van der Waals surface area (Å²) in [6, 6.07) is 6.82. The second kappa shape index (κ2) is 8.26. The molecule has 0 radical (unpaired) electrons. The Balaban J connectivity index is 1.87. The van der Waals surface area contributed by atoms with E-state index in [0.29, 0.717) is 12.1 Å². The number of morpholine rings is 1. The van der Waals surface area contributed by atoms with Crippen LogP contribution >= 0.6 is 0 Å². The van der Waals surface area contributed by atoms with Gasteiger partial charge in [0.05, 0.1) is 30.9 Å². The molecule has 0 unspecified atom stereocenters. The van der Waals surface area contributed by atoms with Crippen LogP contribution in [0.5, 0.6) is 0 Å². The van der Waals surface area contributed by atoms with Gasteiger partial charge in [-0.2, -0.15) is 0 Å². The van der Waals surface area contributed by atoms with E-state index in [9.17, 15) is 9.59 Å². The summed E-state index contributed by atoms with van der Waals surface area (Å²) in [5, 5.41) is 2.95. The zero-order chi connectivity index (χ0) is 17.7. The van der Waals surface area contributed by atoms with Gasteiger partial charge < -0.3 is 14.8 Å². The number of nitrogens with one attached hydrogen (secondary N) is 1. The molecule has 1 aliphatic rings. The van der Waals surface area contributed by atoms with Crippen molar-refractivity contribution in [1.29, 1.82) is 0 Å². The molecule has 1 saturated heterocycles. The van der Waals surface area contributed by atoms with E-state index in [1.807, 2.05) is 32.9 Å². The minimum atomic E-state index is -0.366. The number of carbonyl (C=O) groups excluding carboxylic acids is 2. The first-order chi connectivity index (χ1) is 11.4. The number of benzene rings is 1. The van der Waals surface area contributed by atoms with Gasteiger partial charge in [-0.05, 0) is 38.5 Å². The Morgan fingerprint density at radius 2 is 1.83 bits per heavy atom. The van der Waals surface area contributed by atoms with E-state index in [4.69, 9.17) is 4.74 Å². The van der Waals surface area contributed by atoms with Crippen LogP contribution in [0.3, 0.4) is 0 Å². The fourth-order valence-corrected chi connectivity index (χ4v) is 2.91. The second-order valence-electron chi connectivity index (χ2n) is 6.29. The maximum Gasteiger partial charge on any atom is 0.337 e. The van der Waals surface area contributed by atoms with Crippen LogP contribution in [0.25, 0.3) is 0 Å². The SMILES string of the molecule is COC(=O)c1ccc(CNC(=O)[C@H](C)N2C[C@@H](C)O[C@H](C)C2)cc1. The lowest BCUT2D eigenvalue weighted by Crippen LogP contribution is -2.53. The number of methoxy groups -OCH3 is 1. The highest BCUT2D eigenvalue weighted by atomic mass is 16.5. The van der Waals surface area contributed by atoms with Gasteiger partial charge in [-0.3, -0.25) is 9.69 Å². The Morgan fingerprint density at radius 3 is 2.38 bits per heavy atom. The zero-order valence-electron chi connectivity index (χ0n) is 14.7. The van der Waals surface area contributed by atoms with E-state index in [0.717, 1.165) is 18.7 Å². The van der Waals surface area contributed by atoms with Crippen molar-refractivity contribution in [2.24, 2.45) is 0 Å². The molecule has 0 spiro atoms. The van der Waals surface area contributed by atoms with Gasteiger partial charge in [0.15, 0.2) is 0 Å². The smallest absolute Gasteiger partial charge is 0.337 e. The predicted octanol–water partition coefficient (Wildman–Crippen LogP) is 1.59. The van der Waals surface area contributed by atoms with Gasteiger partial charge in [-0.25, -0.2) is 4.79 Å². The summed E-state index contributed by atoms with van der Waals surface area (Å²) >= 11 is 0. The number of amides is 1. The van der Waals surface area contributed by atoms with Crippen LogP contribution in [-0.2, 0) is 20.8 Å². The van der Waals surface area contributed by atoms with E-state index >= 15 is 0 Å². The number of hydrogen-bond donors (Lipinski definition) is 1. The number of hydrogen-bond acceptors (Lipinski definition) is 5. The van der Waals surface area contributed by atoms with Crippen LogP contribution in [0.15, 0.2) is 24.3 Å². The topological polar surface area (TPSA) is 67.9 Å². The maximum atomic E-state index is 12.4. The molecule has 132 valence electrons. The van der Waals surface area contributed by atoms with E-state index < -0.39 is 0 Å². The molecule has 1 aromatic rings. The molecule has 1 aliphatic heterocycles. The van der Waals surface area contributed by atoms with Crippen molar-refractivity contribution in [3.8, 4) is 0 Å². The first-order valence-corrected chi connectivity index (χ1v) is 8.25. The molecule has 0 aromatic heterocycles. The van der Waals surface area contributed by atoms with Crippen molar-refractivity contribution in [2.75, 3.05) is 20.2 Å². The van der Waals surface area contributed by atoms with Gasteiger partial charge in [0, 0.05) is 19.6 Å². The lowest BCUT2D eigenvalue weighted by molar-refractivity contribution is -0.131. The average molecular weight is 334 g/mol. The monoisotopic (exact) mass is 334 g/mol. The number of rotatable bonds is 5. The van der Waals surface area contributed by atoms with Crippen molar-refractivity contribution in [3.05, 3.63) is 35.4 Å². The van der Waals surface area contributed by atoms with Gasteiger partial charge in [-0.15, -0.1) is 0 Å². The van der Waals surface area contributed by atoms with Crippen LogP contribution in [0.2, 0.25) is 0 Å². The minimum absolute atomic E-state index is 0.00616. The Kier molecular flexibility index (Phi) is 6.34. The molecule has 0 saturated carbocycles. The minimum Gasteiger partial charge on any atom is -0.465 e. The highest BCUT2D eigenvalue weighted by molar-refractivity contribution is 5.89. The molecule has 6 nitrogen and oxygen atoms in total. The quantitative estimate of drug-likeness (QED) is 0.828. The maximum absolute atomic E-state index is 12.4. The third-order valence-corrected chi connectivity index (χ3v) is 4.22. The Hall–Kier alpha value is -1.92. The first kappa shape index (κ1) is 18.4. The zero-order valence-corrected chi connectivity index (χ0v) is 14.7. The fraction of sp³-hybridized carbons (Fsp3) is 0.556. The number of ether oxygens (including phenoxy) is 2. The van der Waals surface area contributed by atoms with E-state index in [2.05, 4.69) is 15.0 Å². The Labute approximate surface area is 143 Å². The third-order valence-electron chi connectivity index (χ3n) is 4.22. The van der Waals surface area contributed by atoms with Crippen LogP contribution in [0, 0.1) is 0 Å². The molecule has 0 bridgehead atoms. The van der Waals surface area contributed by atoms with Crippen LogP contribution in [0.1, 0.15) is 36.7 Å². The van der Waals surface area contributed by atoms with Crippen LogP contribution in [0.4, 0.5) is 0 Å². The first-order valence-electron chi connectivity index (χ1n) is 8.25. The molecule has 1 amide bonds. The summed E-state index contributed by atoms with van der Waals surface area (Å²) in [6.07, 6.45) is 0.268. The van der Waals surface area contributed by atoms with Crippen molar-refractivity contribution < 1.29 is 19.1 Å². The highest BCUT2D eigenvalue weighted by Gasteiger charge is 2.29. The predicted molar refractivity (Wildman–Crippen MR) is 90.7 cm³/mol. The molecule has 1 heterocycles. The van der Waals surface area contributed by atoms with Crippen LogP contribution < -0.4 is 5.32 Å². The lowest BCUT2D eigenvalue weighted by atomic mass is 10.1. The standard InChI is InChI=1S/C18H26N2O4/c1-12-10-20(11-13(2)24-12)14(3)17(21)19-9-15-5-7-16(8-6-15)18(22)23-4/h5-8,12-14H,9-11H2,1-4H3,(H,19,21)/t12-,13-,14+/m1/s1. The normalized spacial score (nSPS) is 22.7. The van der Waals surface area contributed by atoms with Gasteiger partial charge in [-0.1, -0.05) is 12.1 Å². The highest BCUT2D eigenvalue weighted by Crippen LogP contribution is 2.14. The molecule has 24 heavy (non-hydrogen) atoms. The van der Waals surface area contributed by atoms with Crippen molar-refractivity contribution in [1.82, 2.24) is 10.2 Å². The summed E-state index contributed by atoms with van der Waals surface area (Å²) in [6.45, 7) is 7.91. The Morgan fingerprint density at radius 1 is 1.25 bits per heavy atom. The van der Waals surface area contributed by atoms with Crippen LogP contribution in [-0.4, -0.2) is 55.2 Å². The van der Waals surface area contributed by atoms with Crippen molar-refractivity contribution >= 4 is 11.9 Å². The van der Waals surface area contributed by atoms with Gasteiger partial charge in [0.1, 0.15) is 0 Å². The third kappa shape index (κ3) is 4.79. The molecule has 3 atom stereocenters. The molecule has 1 aromatic carbocycles. The molecule has 1 fully saturated rings. The summed E-state index contributed by atoms with van der Waals surface area (Å²) in [4.78, 5) is 25.9. The number of carbonyl (C=O) groups is 2. The van der Waals surface area contributed by atoms with E-state index in [1.165, 1.54) is 7.11 Å². The van der Waals surface area contributed by atoms with Crippen molar-refractivity contribution in [3.63, 3.8) is 0 Å². The molecular weight excluding hydrogens is 308 g/mol. The second-order valence-corrected chi connectivity index (χ2v) is 6.29. The molecule has 1 N–H and O–H groups in total. The Bertz CT molecular complexity index is 563. The molecule has 0 aliphatic carbocycles. The van der Waals surface area contributed by atoms with E-state index in [-0.39, 0.29) is 30.1 Å². The van der Waals surface area contributed by atoms with E-state index in [1.54, 1.807) is 12.1 Å². The summed E-state index contributed by atoms with van der Waals surface area (Å²) in [5.74, 6) is -0.372. The number of nitrogens with zero attached hydrogens (tertiary/aromatic N) is 1. The summed E-state index contributed by atoms with van der Waals surface area (Å²) < 4.78 is 10.4. The number of esters is 1. The average Bonchev–Trinajstić information content (AvgIpc) is 2.57.